The lowest BCUT2D eigenvalue weighted by atomic mass is 9.95. The molecule has 21 heavy (non-hydrogen) atoms. The lowest BCUT2D eigenvalue weighted by molar-refractivity contribution is -0.386. The van der Waals surface area contributed by atoms with E-state index in [2.05, 4.69) is 0 Å². The molecule has 1 heterocycles. The molecule has 1 N–H and O–H groups in total. The molecule has 1 aromatic carbocycles. The highest BCUT2D eigenvalue weighted by atomic mass is 35.5. The van der Waals surface area contributed by atoms with Gasteiger partial charge in [0.1, 0.15) is 0 Å². The summed E-state index contributed by atoms with van der Waals surface area (Å²) in [7, 11) is 0. The maximum atomic E-state index is 11.1. The second-order valence-electron chi connectivity index (χ2n) is 5.16. The summed E-state index contributed by atoms with van der Waals surface area (Å²) in [5.74, 6) is -1.17. The van der Waals surface area contributed by atoms with Crippen LogP contribution >= 0.6 is 12.4 Å². The molecule has 0 saturated carbocycles. The molecule has 0 amide bonds. The summed E-state index contributed by atoms with van der Waals surface area (Å²) in [6.07, 6.45) is 1.48. The van der Waals surface area contributed by atoms with E-state index >= 15 is 0 Å². The number of para-hydroxylation sites is 1. The molecule has 0 bridgehead atoms. The minimum absolute atomic E-state index is 0. The van der Waals surface area contributed by atoms with E-state index in [0.717, 1.165) is 13.0 Å². The van der Waals surface area contributed by atoms with Gasteiger partial charge in [-0.25, -0.2) is 0 Å². The first-order chi connectivity index (χ1) is 9.50. The number of piperidine rings is 1. The highest BCUT2D eigenvalue weighted by molar-refractivity contribution is 5.85. The number of aliphatic carboxylic acids is 1. The van der Waals surface area contributed by atoms with Gasteiger partial charge in [-0.05, 0) is 26.3 Å². The van der Waals surface area contributed by atoms with E-state index in [9.17, 15) is 14.9 Å². The molecule has 116 valence electrons. The zero-order chi connectivity index (χ0) is 14.7. The topological polar surface area (TPSA) is 83.7 Å². The third-order valence-electron chi connectivity index (χ3n) is 3.93. The van der Waals surface area contributed by atoms with Crippen LogP contribution in [0.3, 0.4) is 0 Å². The van der Waals surface area contributed by atoms with E-state index < -0.39 is 5.97 Å². The Hall–Kier alpha value is -1.66. The van der Waals surface area contributed by atoms with Crippen molar-refractivity contribution in [1.29, 1.82) is 0 Å². The van der Waals surface area contributed by atoms with E-state index in [0.29, 0.717) is 18.5 Å². The second-order valence-corrected chi connectivity index (χ2v) is 5.16. The number of nitrogens with zero attached hydrogens (tertiary/aromatic N) is 2. The quantitative estimate of drug-likeness (QED) is 0.682. The first-order valence-electron chi connectivity index (χ1n) is 6.71. The predicted molar refractivity (Wildman–Crippen MR) is 80.7 cm³/mol. The molecule has 0 aliphatic carbocycles. The molecule has 0 aromatic heterocycles. The summed E-state index contributed by atoms with van der Waals surface area (Å²) in [4.78, 5) is 23.8. The Kier molecular flexibility index (Phi) is 6.11. The fourth-order valence-electron chi connectivity index (χ4n) is 2.76. The Morgan fingerprint density at radius 1 is 1.48 bits per heavy atom. The summed E-state index contributed by atoms with van der Waals surface area (Å²) in [5.41, 5.74) is 0.737. The minimum Gasteiger partial charge on any atom is -0.481 e. The van der Waals surface area contributed by atoms with Gasteiger partial charge in [-0.2, -0.15) is 0 Å². The van der Waals surface area contributed by atoms with E-state index in [1.165, 1.54) is 6.07 Å². The number of nitro benzene ring substituents is 1. The first kappa shape index (κ1) is 17.4. The number of carbonyl (C=O) groups is 1. The van der Waals surface area contributed by atoms with Gasteiger partial charge in [0.2, 0.25) is 0 Å². The highest BCUT2D eigenvalue weighted by Crippen LogP contribution is 2.31. The summed E-state index contributed by atoms with van der Waals surface area (Å²) in [5, 5.41) is 20.2. The summed E-state index contributed by atoms with van der Waals surface area (Å²) in [6.45, 7) is 3.12. The van der Waals surface area contributed by atoms with Crippen LogP contribution in [0.1, 0.15) is 31.4 Å². The van der Waals surface area contributed by atoms with Crippen molar-refractivity contribution in [2.24, 2.45) is 5.92 Å². The van der Waals surface area contributed by atoms with E-state index in [1.807, 2.05) is 11.8 Å². The molecule has 2 atom stereocenters. The van der Waals surface area contributed by atoms with Gasteiger partial charge in [0, 0.05) is 24.2 Å². The molecule has 0 spiro atoms. The SMILES string of the molecule is CC(c1ccccc1[N+](=O)[O-])N1CCCC(C(=O)O)C1.Cl. The largest absolute Gasteiger partial charge is 0.481 e. The minimum atomic E-state index is -0.788. The monoisotopic (exact) mass is 314 g/mol. The van der Waals surface area contributed by atoms with Crippen LogP contribution in [0.25, 0.3) is 0 Å². The number of nitro groups is 1. The molecule has 7 heteroatoms. The van der Waals surface area contributed by atoms with Gasteiger partial charge in [-0.15, -0.1) is 12.4 Å². The smallest absolute Gasteiger partial charge is 0.307 e. The number of halogens is 1. The van der Waals surface area contributed by atoms with Crippen LogP contribution in [0.2, 0.25) is 0 Å². The fraction of sp³-hybridized carbons (Fsp3) is 0.500. The Morgan fingerprint density at radius 2 is 2.14 bits per heavy atom. The van der Waals surface area contributed by atoms with Crippen LogP contribution in [0, 0.1) is 16.0 Å². The van der Waals surface area contributed by atoms with Gasteiger partial charge in [0.05, 0.1) is 10.8 Å². The van der Waals surface area contributed by atoms with E-state index in [-0.39, 0.29) is 35.0 Å². The summed E-state index contributed by atoms with van der Waals surface area (Å²) in [6, 6.07) is 6.50. The zero-order valence-corrected chi connectivity index (χ0v) is 12.6. The van der Waals surface area contributed by atoms with Gasteiger partial charge in [0.25, 0.3) is 5.69 Å². The van der Waals surface area contributed by atoms with Crippen molar-refractivity contribution in [2.75, 3.05) is 13.1 Å². The van der Waals surface area contributed by atoms with Crippen molar-refractivity contribution in [1.82, 2.24) is 4.90 Å². The maximum absolute atomic E-state index is 11.1. The van der Waals surface area contributed by atoms with Crippen LogP contribution in [0.5, 0.6) is 0 Å². The van der Waals surface area contributed by atoms with Crippen molar-refractivity contribution in [3.05, 3.63) is 39.9 Å². The molecule has 1 aliphatic rings. The van der Waals surface area contributed by atoms with Crippen molar-refractivity contribution in [2.45, 2.75) is 25.8 Å². The number of carboxylic acids is 1. The van der Waals surface area contributed by atoms with E-state index in [1.54, 1.807) is 18.2 Å². The average molecular weight is 315 g/mol. The van der Waals surface area contributed by atoms with Crippen LogP contribution in [-0.2, 0) is 4.79 Å². The van der Waals surface area contributed by atoms with Crippen molar-refractivity contribution in [3.8, 4) is 0 Å². The highest BCUT2D eigenvalue weighted by Gasteiger charge is 2.30. The van der Waals surface area contributed by atoms with Crippen LogP contribution in [0.15, 0.2) is 24.3 Å². The maximum Gasteiger partial charge on any atom is 0.307 e. The molecule has 2 rings (SSSR count). The number of hydrogen-bond acceptors (Lipinski definition) is 4. The number of likely N-dealkylation sites (tertiary alicyclic amines) is 1. The molecule has 2 unspecified atom stereocenters. The number of carboxylic acid groups (broad SMARTS) is 1. The first-order valence-corrected chi connectivity index (χ1v) is 6.71. The van der Waals surface area contributed by atoms with Gasteiger partial charge in [0.15, 0.2) is 0 Å². The lowest BCUT2D eigenvalue weighted by Gasteiger charge is -2.35. The van der Waals surface area contributed by atoms with Crippen LogP contribution < -0.4 is 0 Å². The molecule has 1 aromatic rings. The van der Waals surface area contributed by atoms with Gasteiger partial charge in [-0.3, -0.25) is 19.8 Å². The molecule has 6 nitrogen and oxygen atoms in total. The summed E-state index contributed by atoms with van der Waals surface area (Å²) >= 11 is 0. The number of hydrogen-bond donors (Lipinski definition) is 1. The van der Waals surface area contributed by atoms with Gasteiger partial charge in [-0.1, -0.05) is 18.2 Å². The Bertz CT molecular complexity index is 523. The van der Waals surface area contributed by atoms with Crippen LogP contribution in [-0.4, -0.2) is 34.0 Å². The van der Waals surface area contributed by atoms with Crippen molar-refractivity contribution < 1.29 is 14.8 Å². The lowest BCUT2D eigenvalue weighted by Crippen LogP contribution is -2.40. The third-order valence-corrected chi connectivity index (χ3v) is 3.93. The molecule has 0 radical (unpaired) electrons. The number of benzene rings is 1. The van der Waals surface area contributed by atoms with Crippen LogP contribution in [0.4, 0.5) is 5.69 Å². The molecular formula is C14H19ClN2O4. The average Bonchev–Trinajstić information content (AvgIpc) is 2.46. The molecular weight excluding hydrogens is 296 g/mol. The number of rotatable bonds is 4. The third kappa shape index (κ3) is 3.92. The molecule has 1 saturated heterocycles. The normalized spacial score (nSPS) is 20.3. The Morgan fingerprint density at radius 3 is 2.76 bits per heavy atom. The van der Waals surface area contributed by atoms with E-state index in [4.69, 9.17) is 5.11 Å². The predicted octanol–water partition coefficient (Wildman–Crippen LogP) is 2.87. The molecule has 1 aliphatic heterocycles. The second kappa shape index (κ2) is 7.38. The Balaban J connectivity index is 0.00000220. The van der Waals surface area contributed by atoms with Gasteiger partial charge < -0.3 is 5.11 Å². The zero-order valence-electron chi connectivity index (χ0n) is 11.8. The van der Waals surface area contributed by atoms with Gasteiger partial charge >= 0.3 is 5.97 Å². The van der Waals surface area contributed by atoms with Crippen molar-refractivity contribution >= 4 is 24.1 Å². The fourth-order valence-corrected chi connectivity index (χ4v) is 2.76. The Labute approximate surface area is 129 Å². The van der Waals surface area contributed by atoms with Crippen molar-refractivity contribution in [3.63, 3.8) is 0 Å². The summed E-state index contributed by atoms with van der Waals surface area (Å²) < 4.78 is 0. The standard InChI is InChI=1S/C14H18N2O4.ClH/c1-10(12-6-2-3-7-13(12)16(19)20)15-8-4-5-11(9-15)14(17)18;/h2-3,6-7,10-11H,4-5,8-9H2,1H3,(H,17,18);1H. The molecule has 1 fully saturated rings.